The molecule has 0 aliphatic rings. The highest BCUT2D eigenvalue weighted by Crippen LogP contribution is 2.05. The quantitative estimate of drug-likeness (QED) is 0.691. The van der Waals surface area contributed by atoms with Crippen LogP contribution in [0.2, 0.25) is 0 Å². The van der Waals surface area contributed by atoms with E-state index in [9.17, 15) is 4.79 Å². The molecule has 0 heterocycles. The van der Waals surface area contributed by atoms with Crippen molar-refractivity contribution < 1.29 is 9.90 Å². The van der Waals surface area contributed by atoms with E-state index in [1.807, 2.05) is 6.07 Å². The van der Waals surface area contributed by atoms with Gasteiger partial charge in [-0.05, 0) is 57.7 Å². The molecule has 0 amide bonds. The van der Waals surface area contributed by atoms with Gasteiger partial charge < -0.3 is 15.3 Å². The highest BCUT2D eigenvalue weighted by molar-refractivity contribution is 5.87. The first kappa shape index (κ1) is 14.7. The van der Waals surface area contributed by atoms with Gasteiger partial charge in [0.2, 0.25) is 0 Å². The van der Waals surface area contributed by atoms with Crippen molar-refractivity contribution in [3.63, 3.8) is 0 Å². The normalized spacial score (nSPS) is 10.8. The van der Waals surface area contributed by atoms with Crippen LogP contribution in [0, 0.1) is 0 Å². The lowest BCUT2D eigenvalue weighted by atomic mass is 10.1. The second kappa shape index (κ2) is 7.84. The molecule has 0 aliphatic heterocycles. The molecule has 1 aromatic rings. The summed E-state index contributed by atoms with van der Waals surface area (Å²) in [6, 6.07) is 7.06. The first-order valence-electron chi connectivity index (χ1n) is 6.27. The zero-order chi connectivity index (χ0) is 13.4. The van der Waals surface area contributed by atoms with Crippen LogP contribution in [0.1, 0.15) is 28.8 Å². The highest BCUT2D eigenvalue weighted by Gasteiger charge is 2.02. The molecule has 4 heteroatoms. The molecular weight excluding hydrogens is 228 g/mol. The van der Waals surface area contributed by atoms with Crippen molar-refractivity contribution >= 4 is 5.97 Å². The maximum absolute atomic E-state index is 10.8. The smallest absolute Gasteiger partial charge is 0.335 e. The second-order valence-corrected chi connectivity index (χ2v) is 4.69. The molecule has 4 nitrogen and oxygen atoms in total. The first-order valence-corrected chi connectivity index (χ1v) is 6.27. The van der Waals surface area contributed by atoms with E-state index in [4.69, 9.17) is 5.11 Å². The molecule has 0 aromatic heterocycles. The van der Waals surface area contributed by atoms with E-state index in [0.29, 0.717) is 5.56 Å². The second-order valence-electron chi connectivity index (χ2n) is 4.69. The average Bonchev–Trinajstić information content (AvgIpc) is 2.33. The Kier molecular flexibility index (Phi) is 6.39. The number of carboxylic acids is 1. The molecule has 0 fully saturated rings. The molecule has 0 spiro atoms. The number of hydrogen-bond acceptors (Lipinski definition) is 3. The topological polar surface area (TPSA) is 52.6 Å². The minimum atomic E-state index is -0.872. The van der Waals surface area contributed by atoms with E-state index < -0.39 is 5.97 Å². The Morgan fingerprint density at radius 2 is 2.11 bits per heavy atom. The molecule has 0 aliphatic carbocycles. The molecule has 0 saturated carbocycles. The van der Waals surface area contributed by atoms with Crippen molar-refractivity contribution in [2.24, 2.45) is 0 Å². The van der Waals surface area contributed by atoms with Gasteiger partial charge >= 0.3 is 5.97 Å². The fourth-order valence-electron chi connectivity index (χ4n) is 1.73. The summed E-state index contributed by atoms with van der Waals surface area (Å²) in [5.74, 6) is -0.872. The van der Waals surface area contributed by atoms with Crippen molar-refractivity contribution in [1.29, 1.82) is 0 Å². The first-order chi connectivity index (χ1) is 8.59. The van der Waals surface area contributed by atoms with E-state index >= 15 is 0 Å². The van der Waals surface area contributed by atoms with E-state index in [1.54, 1.807) is 18.2 Å². The molecule has 2 N–H and O–H groups in total. The van der Waals surface area contributed by atoms with Crippen molar-refractivity contribution in [3.8, 4) is 0 Å². The number of unbranched alkanes of at least 4 members (excludes halogenated alkanes) is 1. The Morgan fingerprint density at radius 1 is 1.33 bits per heavy atom. The summed E-state index contributed by atoms with van der Waals surface area (Å²) < 4.78 is 0. The van der Waals surface area contributed by atoms with Crippen LogP contribution in [0.3, 0.4) is 0 Å². The Balaban J connectivity index is 2.23. The van der Waals surface area contributed by atoms with Gasteiger partial charge in [-0.2, -0.15) is 0 Å². The monoisotopic (exact) mass is 250 g/mol. The van der Waals surface area contributed by atoms with E-state index in [-0.39, 0.29) is 0 Å². The van der Waals surface area contributed by atoms with Crippen LogP contribution in [0.4, 0.5) is 0 Å². The predicted molar refractivity (Wildman–Crippen MR) is 72.9 cm³/mol. The van der Waals surface area contributed by atoms with Gasteiger partial charge in [-0.1, -0.05) is 12.1 Å². The third-order valence-corrected chi connectivity index (χ3v) is 2.71. The zero-order valence-corrected chi connectivity index (χ0v) is 11.1. The van der Waals surface area contributed by atoms with Crippen molar-refractivity contribution in [2.45, 2.75) is 19.4 Å². The van der Waals surface area contributed by atoms with Crippen molar-refractivity contribution in [3.05, 3.63) is 35.4 Å². The largest absolute Gasteiger partial charge is 0.478 e. The lowest BCUT2D eigenvalue weighted by Crippen LogP contribution is -2.18. The summed E-state index contributed by atoms with van der Waals surface area (Å²) in [7, 11) is 4.15. The minimum absolute atomic E-state index is 0.349. The molecule has 0 radical (unpaired) electrons. The Hall–Kier alpha value is -1.39. The van der Waals surface area contributed by atoms with Gasteiger partial charge in [0.25, 0.3) is 0 Å². The lowest BCUT2D eigenvalue weighted by molar-refractivity contribution is 0.0696. The SMILES string of the molecule is CN(C)CCCCNCc1cccc(C(=O)O)c1. The maximum atomic E-state index is 10.8. The van der Waals surface area contributed by atoms with Crippen molar-refractivity contribution in [1.82, 2.24) is 10.2 Å². The summed E-state index contributed by atoms with van der Waals surface area (Å²) in [6.07, 6.45) is 2.31. The maximum Gasteiger partial charge on any atom is 0.335 e. The molecule has 1 rings (SSSR count). The number of carbonyl (C=O) groups is 1. The highest BCUT2D eigenvalue weighted by atomic mass is 16.4. The Labute approximate surface area is 109 Å². The summed E-state index contributed by atoms with van der Waals surface area (Å²) >= 11 is 0. The number of carboxylic acid groups (broad SMARTS) is 1. The van der Waals surface area contributed by atoms with Gasteiger partial charge in [0.15, 0.2) is 0 Å². The molecule has 0 saturated heterocycles. The van der Waals surface area contributed by atoms with Gasteiger partial charge in [0.05, 0.1) is 5.56 Å². The van der Waals surface area contributed by atoms with Gasteiger partial charge in [0, 0.05) is 6.54 Å². The van der Waals surface area contributed by atoms with Gasteiger partial charge in [0.1, 0.15) is 0 Å². The van der Waals surface area contributed by atoms with E-state index in [0.717, 1.165) is 31.6 Å². The molecule has 18 heavy (non-hydrogen) atoms. The number of rotatable bonds is 8. The standard InChI is InChI=1S/C14H22N2O2/c1-16(2)9-4-3-8-15-11-12-6-5-7-13(10-12)14(17)18/h5-7,10,15H,3-4,8-9,11H2,1-2H3,(H,17,18). The van der Waals surface area contributed by atoms with Gasteiger partial charge in [-0.25, -0.2) is 4.79 Å². The third kappa shape index (κ3) is 5.80. The Morgan fingerprint density at radius 3 is 2.78 bits per heavy atom. The lowest BCUT2D eigenvalue weighted by Gasteiger charge is -2.09. The van der Waals surface area contributed by atoms with Crippen LogP contribution < -0.4 is 5.32 Å². The summed E-state index contributed by atoms with van der Waals surface area (Å²) in [5, 5.41) is 12.2. The van der Waals surface area contributed by atoms with Crippen LogP contribution in [0.25, 0.3) is 0 Å². The molecule has 100 valence electrons. The molecule has 0 bridgehead atoms. The Bertz CT molecular complexity index is 378. The summed E-state index contributed by atoms with van der Waals surface area (Å²) in [4.78, 5) is 13.0. The van der Waals surface area contributed by atoms with Crippen LogP contribution in [-0.4, -0.2) is 43.2 Å². The van der Waals surface area contributed by atoms with Gasteiger partial charge in [-0.15, -0.1) is 0 Å². The number of nitrogens with one attached hydrogen (secondary N) is 1. The molecule has 0 atom stereocenters. The molecular formula is C14H22N2O2. The van der Waals surface area contributed by atoms with Crippen LogP contribution >= 0.6 is 0 Å². The molecule has 1 aromatic carbocycles. The predicted octanol–water partition coefficient (Wildman–Crippen LogP) is 1.82. The van der Waals surface area contributed by atoms with Crippen LogP contribution in [0.15, 0.2) is 24.3 Å². The third-order valence-electron chi connectivity index (χ3n) is 2.71. The number of hydrogen-bond donors (Lipinski definition) is 2. The van der Waals surface area contributed by atoms with E-state index in [2.05, 4.69) is 24.3 Å². The number of aromatic carboxylic acids is 1. The zero-order valence-electron chi connectivity index (χ0n) is 11.1. The van der Waals surface area contributed by atoms with Crippen molar-refractivity contribution in [2.75, 3.05) is 27.2 Å². The van der Waals surface area contributed by atoms with Gasteiger partial charge in [-0.3, -0.25) is 0 Å². The average molecular weight is 250 g/mol. The summed E-state index contributed by atoms with van der Waals surface area (Å²) in [6.45, 7) is 2.80. The minimum Gasteiger partial charge on any atom is -0.478 e. The van der Waals surface area contributed by atoms with Crippen LogP contribution in [0.5, 0.6) is 0 Å². The molecule has 0 unspecified atom stereocenters. The number of benzene rings is 1. The fourth-order valence-corrected chi connectivity index (χ4v) is 1.73. The van der Waals surface area contributed by atoms with E-state index in [1.165, 1.54) is 6.42 Å². The number of nitrogens with zero attached hydrogens (tertiary/aromatic N) is 1. The fraction of sp³-hybridized carbons (Fsp3) is 0.500. The summed E-state index contributed by atoms with van der Waals surface area (Å²) in [5.41, 5.74) is 1.37. The van der Waals surface area contributed by atoms with Crippen LogP contribution in [-0.2, 0) is 6.54 Å².